The van der Waals surface area contributed by atoms with Gasteiger partial charge in [0.1, 0.15) is 11.2 Å². The molecule has 0 saturated heterocycles. The highest BCUT2D eigenvalue weighted by atomic mass is 32.1. The molecule has 6 aromatic rings. The van der Waals surface area contributed by atoms with Crippen molar-refractivity contribution >= 4 is 39.1 Å². The number of halogens is 1. The Morgan fingerprint density at radius 3 is 2.76 bits per heavy atom. The summed E-state index contributed by atoms with van der Waals surface area (Å²) in [6.45, 7) is 10.6. The summed E-state index contributed by atoms with van der Waals surface area (Å²) >= 11 is 1.63. The number of aromatic nitrogens is 6. The van der Waals surface area contributed by atoms with Crippen molar-refractivity contribution < 1.29 is 4.39 Å². The minimum absolute atomic E-state index is 0.109. The number of nitrogens with one attached hydrogen (secondary N) is 3. The number of thiophene rings is 1. The quantitative estimate of drug-likeness (QED) is 0.207. The molecule has 0 unspecified atom stereocenters. The zero-order valence-corrected chi connectivity index (χ0v) is 22.1. The van der Waals surface area contributed by atoms with E-state index >= 15 is 4.39 Å². The molecule has 7 nitrogen and oxygen atoms in total. The fourth-order valence-corrected chi connectivity index (χ4v) is 5.32. The van der Waals surface area contributed by atoms with Crippen molar-refractivity contribution in [2.75, 3.05) is 5.32 Å². The van der Waals surface area contributed by atoms with E-state index in [9.17, 15) is 0 Å². The smallest absolute Gasteiger partial charge is 0.178 e. The van der Waals surface area contributed by atoms with E-state index in [0.717, 1.165) is 40.0 Å². The summed E-state index contributed by atoms with van der Waals surface area (Å²) in [7, 11) is 0. The first-order chi connectivity index (χ1) is 18.2. The third kappa shape index (κ3) is 4.56. The van der Waals surface area contributed by atoms with Crippen LogP contribution in [0.3, 0.4) is 0 Å². The molecule has 0 atom stereocenters. The van der Waals surface area contributed by atoms with E-state index in [1.165, 1.54) is 6.07 Å². The van der Waals surface area contributed by atoms with Crippen LogP contribution in [0.4, 0.5) is 10.1 Å². The summed E-state index contributed by atoms with van der Waals surface area (Å²) in [6.07, 6.45) is 6.02. The molecule has 0 aliphatic heterocycles. The Kier molecular flexibility index (Phi) is 5.80. The molecule has 1 aromatic carbocycles. The van der Waals surface area contributed by atoms with Gasteiger partial charge in [-0.3, -0.25) is 10.1 Å². The molecule has 5 aromatic heterocycles. The van der Waals surface area contributed by atoms with E-state index in [1.54, 1.807) is 29.9 Å². The summed E-state index contributed by atoms with van der Waals surface area (Å²) in [5, 5.41) is 15.3. The highest BCUT2D eigenvalue weighted by molar-refractivity contribution is 7.08. The molecule has 0 fully saturated rings. The molecule has 38 heavy (non-hydrogen) atoms. The lowest BCUT2D eigenvalue weighted by molar-refractivity contribution is 0.411. The normalized spacial score (nSPS) is 11.9. The van der Waals surface area contributed by atoms with Crippen LogP contribution in [-0.2, 0) is 0 Å². The van der Waals surface area contributed by atoms with Crippen LogP contribution in [-0.4, -0.2) is 30.1 Å². The molecule has 0 radical (unpaired) electrons. The maximum absolute atomic E-state index is 15.2. The van der Waals surface area contributed by atoms with Gasteiger partial charge < -0.3 is 10.3 Å². The lowest BCUT2D eigenvalue weighted by Crippen LogP contribution is -2.10. The Morgan fingerprint density at radius 1 is 1.11 bits per heavy atom. The number of imidazole rings is 1. The van der Waals surface area contributed by atoms with Crippen molar-refractivity contribution in [2.24, 2.45) is 5.41 Å². The zero-order valence-electron chi connectivity index (χ0n) is 21.3. The van der Waals surface area contributed by atoms with Crippen LogP contribution < -0.4 is 5.32 Å². The molecule has 6 rings (SSSR count). The van der Waals surface area contributed by atoms with Crippen LogP contribution in [0.1, 0.15) is 27.2 Å². The molecule has 0 saturated carbocycles. The first-order valence-electron chi connectivity index (χ1n) is 12.2. The monoisotopic (exact) mass is 523 g/mol. The third-order valence-electron chi connectivity index (χ3n) is 6.21. The van der Waals surface area contributed by atoms with Crippen molar-refractivity contribution in [3.8, 4) is 33.8 Å². The van der Waals surface area contributed by atoms with Gasteiger partial charge in [0.15, 0.2) is 17.3 Å². The largest absolute Gasteiger partial charge is 0.358 e. The molecule has 0 spiro atoms. The summed E-state index contributed by atoms with van der Waals surface area (Å²) < 4.78 is 15.2. The van der Waals surface area contributed by atoms with Gasteiger partial charge in [0, 0.05) is 34.6 Å². The SMILES string of the molecule is C=C(CC(C)(C)C)Nc1cncc(-c2cc(F)c3n[nH]c(-c4nc5nccc(-c6ccsc6)c5[nH]4)c3c2)c1. The predicted molar refractivity (Wildman–Crippen MR) is 152 cm³/mol. The molecule has 0 aliphatic carbocycles. The molecule has 0 amide bonds. The van der Waals surface area contributed by atoms with Gasteiger partial charge in [0.25, 0.3) is 0 Å². The minimum atomic E-state index is -0.427. The molecule has 9 heteroatoms. The molecular weight excluding hydrogens is 497 g/mol. The van der Waals surface area contributed by atoms with Crippen LogP contribution in [0.15, 0.2) is 72.0 Å². The highest BCUT2D eigenvalue weighted by Gasteiger charge is 2.19. The van der Waals surface area contributed by atoms with Crippen LogP contribution in [0, 0.1) is 11.2 Å². The second-order valence-corrected chi connectivity index (χ2v) is 11.3. The van der Waals surface area contributed by atoms with E-state index in [-0.39, 0.29) is 10.9 Å². The van der Waals surface area contributed by atoms with Gasteiger partial charge in [0.05, 0.1) is 17.4 Å². The molecule has 3 N–H and O–H groups in total. The number of fused-ring (bicyclic) bond motifs is 2. The first kappa shape index (κ1) is 24.0. The number of pyridine rings is 2. The van der Waals surface area contributed by atoms with Crippen LogP contribution >= 0.6 is 11.3 Å². The van der Waals surface area contributed by atoms with Gasteiger partial charge in [-0.1, -0.05) is 27.4 Å². The van der Waals surface area contributed by atoms with Crippen molar-refractivity contribution in [3.05, 3.63) is 77.8 Å². The van der Waals surface area contributed by atoms with Gasteiger partial charge in [-0.25, -0.2) is 14.4 Å². The van der Waals surface area contributed by atoms with Crippen LogP contribution in [0.25, 0.3) is 55.8 Å². The van der Waals surface area contributed by atoms with E-state index < -0.39 is 5.82 Å². The van der Waals surface area contributed by atoms with Crippen LogP contribution in [0.2, 0.25) is 0 Å². The van der Waals surface area contributed by atoms with E-state index in [1.807, 2.05) is 23.6 Å². The topological polar surface area (TPSA) is 95.2 Å². The lowest BCUT2D eigenvalue weighted by Gasteiger charge is -2.20. The summed E-state index contributed by atoms with van der Waals surface area (Å²) in [5.74, 6) is 0.116. The van der Waals surface area contributed by atoms with Crippen molar-refractivity contribution in [2.45, 2.75) is 27.2 Å². The molecule has 0 bridgehead atoms. The number of hydrogen-bond donors (Lipinski definition) is 3. The van der Waals surface area contributed by atoms with Gasteiger partial charge in [-0.15, -0.1) is 0 Å². The molecular formula is C29H26FN7S. The molecule has 0 aliphatic rings. The Labute approximate surface area is 222 Å². The van der Waals surface area contributed by atoms with Gasteiger partial charge >= 0.3 is 0 Å². The average Bonchev–Trinajstić information content (AvgIpc) is 3.61. The van der Waals surface area contributed by atoms with Crippen molar-refractivity contribution in [3.63, 3.8) is 0 Å². The number of nitrogens with zero attached hydrogens (tertiary/aromatic N) is 4. The third-order valence-corrected chi connectivity index (χ3v) is 6.89. The number of rotatable bonds is 6. The summed E-state index contributed by atoms with van der Waals surface area (Å²) in [5.41, 5.74) is 7.61. The Morgan fingerprint density at radius 2 is 1.97 bits per heavy atom. The minimum Gasteiger partial charge on any atom is -0.358 e. The Hall–Kier alpha value is -4.37. The second-order valence-electron chi connectivity index (χ2n) is 10.5. The number of benzene rings is 1. The maximum Gasteiger partial charge on any atom is 0.178 e. The fraction of sp³-hybridized carbons (Fsp3) is 0.172. The van der Waals surface area contributed by atoms with Gasteiger partial charge in [0.2, 0.25) is 0 Å². The first-order valence-corrected chi connectivity index (χ1v) is 13.1. The predicted octanol–water partition coefficient (Wildman–Crippen LogP) is 7.79. The van der Waals surface area contributed by atoms with E-state index in [0.29, 0.717) is 28.1 Å². The van der Waals surface area contributed by atoms with Crippen LogP contribution in [0.5, 0.6) is 0 Å². The number of allylic oxidation sites excluding steroid dienone is 1. The van der Waals surface area contributed by atoms with Gasteiger partial charge in [-0.05, 0) is 64.1 Å². The standard InChI is InChI=1S/C29H26FN7S/c1-16(12-29(2,3)4)33-20-9-19(13-31-14-20)18-10-22-24(23(30)11-18)36-37-26(22)28-34-25-21(17-6-8-38-15-17)5-7-32-27(25)35-28/h5-11,13-15,33H,1,12H2,2-4H3,(H,36,37)(H,32,34,35). The van der Waals surface area contributed by atoms with E-state index in [4.69, 9.17) is 4.98 Å². The van der Waals surface area contributed by atoms with Gasteiger partial charge in [-0.2, -0.15) is 16.4 Å². The Bertz CT molecular complexity index is 1790. The summed E-state index contributed by atoms with van der Waals surface area (Å²) in [4.78, 5) is 16.9. The van der Waals surface area contributed by atoms with Crippen molar-refractivity contribution in [1.29, 1.82) is 0 Å². The highest BCUT2D eigenvalue weighted by Crippen LogP contribution is 2.34. The average molecular weight is 524 g/mol. The van der Waals surface area contributed by atoms with E-state index in [2.05, 4.69) is 69.3 Å². The number of hydrogen-bond acceptors (Lipinski definition) is 6. The van der Waals surface area contributed by atoms with Crippen molar-refractivity contribution in [1.82, 2.24) is 30.1 Å². The number of anilines is 1. The fourth-order valence-electron chi connectivity index (χ4n) is 4.66. The Balaban J connectivity index is 1.40. The maximum atomic E-state index is 15.2. The number of H-pyrrole nitrogens is 2. The number of aromatic amines is 2. The zero-order chi connectivity index (χ0) is 26.4. The molecule has 190 valence electrons. The second kappa shape index (κ2) is 9.18. The summed E-state index contributed by atoms with van der Waals surface area (Å²) in [6, 6.07) is 9.34. The molecule has 5 heterocycles. The lowest BCUT2D eigenvalue weighted by atomic mass is 9.91.